The summed E-state index contributed by atoms with van der Waals surface area (Å²) in [5.41, 5.74) is 6.10. The molecule has 1 rings (SSSR count). The number of aliphatic hydroxyl groups excluding tert-OH is 1. The van der Waals surface area contributed by atoms with Crippen molar-refractivity contribution in [3.63, 3.8) is 0 Å². The van der Waals surface area contributed by atoms with Gasteiger partial charge < -0.3 is 10.8 Å². The lowest BCUT2D eigenvalue weighted by atomic mass is 10.1. The molecule has 6 heteroatoms. The molecule has 0 unspecified atom stereocenters. The van der Waals surface area contributed by atoms with Gasteiger partial charge in [0.1, 0.15) is 0 Å². The van der Waals surface area contributed by atoms with Gasteiger partial charge in [-0.25, -0.2) is 8.42 Å². The molecule has 0 fully saturated rings. The van der Waals surface area contributed by atoms with E-state index in [1.165, 1.54) is 18.2 Å². The zero-order chi connectivity index (χ0) is 11.6. The molecule has 0 spiro atoms. The Bertz CT molecular complexity index is 458. The molecule has 1 aromatic rings. The maximum atomic E-state index is 11.2. The van der Waals surface area contributed by atoms with Crippen LogP contribution >= 0.6 is 11.6 Å². The predicted octanol–water partition coefficient (Wildman–Crippen LogP) is 0.736. The van der Waals surface area contributed by atoms with Gasteiger partial charge in [-0.3, -0.25) is 0 Å². The van der Waals surface area contributed by atoms with Crippen LogP contribution in [0.2, 0.25) is 5.02 Å². The fraction of sp³-hybridized carbons (Fsp3) is 0.333. The van der Waals surface area contributed by atoms with Gasteiger partial charge in [-0.1, -0.05) is 17.7 Å². The van der Waals surface area contributed by atoms with Crippen molar-refractivity contribution in [2.75, 3.05) is 12.9 Å². The molecular weight excluding hydrogens is 238 g/mol. The number of benzene rings is 1. The first-order chi connectivity index (χ1) is 6.86. The Labute approximate surface area is 93.6 Å². The first-order valence-corrected chi connectivity index (χ1v) is 6.49. The smallest absolute Gasteiger partial charge is 0.175 e. The summed E-state index contributed by atoms with van der Waals surface area (Å²) in [6, 6.07) is 3.68. The number of halogens is 1. The highest BCUT2D eigenvalue weighted by Crippen LogP contribution is 2.24. The summed E-state index contributed by atoms with van der Waals surface area (Å²) in [4.78, 5) is 0.140. The van der Waals surface area contributed by atoms with E-state index in [0.717, 1.165) is 6.26 Å². The third-order valence-corrected chi connectivity index (χ3v) is 3.43. The van der Waals surface area contributed by atoms with E-state index in [-0.39, 0.29) is 16.5 Å². The number of hydrogen-bond acceptors (Lipinski definition) is 4. The first kappa shape index (κ1) is 12.4. The third-order valence-electron chi connectivity index (χ3n) is 2.00. The quantitative estimate of drug-likeness (QED) is 0.828. The Hall–Kier alpha value is -0.620. The van der Waals surface area contributed by atoms with E-state index in [1.807, 2.05) is 0 Å². The van der Waals surface area contributed by atoms with E-state index in [2.05, 4.69) is 0 Å². The molecule has 0 aliphatic carbocycles. The molecule has 0 heterocycles. The maximum Gasteiger partial charge on any atom is 0.175 e. The maximum absolute atomic E-state index is 11.2. The van der Waals surface area contributed by atoms with Crippen molar-refractivity contribution in [1.29, 1.82) is 0 Å². The van der Waals surface area contributed by atoms with E-state index >= 15 is 0 Å². The predicted molar refractivity (Wildman–Crippen MR) is 58.6 cm³/mol. The molecule has 0 aliphatic heterocycles. The van der Waals surface area contributed by atoms with Crippen LogP contribution in [0.25, 0.3) is 0 Å². The lowest BCUT2D eigenvalue weighted by Crippen LogP contribution is -2.15. The molecule has 3 N–H and O–H groups in total. The normalized spacial score (nSPS) is 13.9. The molecule has 0 saturated heterocycles. The Kier molecular flexibility index (Phi) is 3.72. The van der Waals surface area contributed by atoms with Crippen molar-refractivity contribution in [2.45, 2.75) is 10.9 Å². The van der Waals surface area contributed by atoms with Crippen LogP contribution < -0.4 is 5.73 Å². The summed E-state index contributed by atoms with van der Waals surface area (Å²) in [7, 11) is -3.26. The van der Waals surface area contributed by atoms with Gasteiger partial charge in [0.2, 0.25) is 0 Å². The van der Waals surface area contributed by atoms with E-state index in [1.54, 1.807) is 0 Å². The lowest BCUT2D eigenvalue weighted by Gasteiger charge is -2.11. The molecule has 0 amide bonds. The number of rotatable bonds is 3. The van der Waals surface area contributed by atoms with Crippen LogP contribution in [0.1, 0.15) is 11.6 Å². The van der Waals surface area contributed by atoms with Gasteiger partial charge in [0.05, 0.1) is 17.5 Å². The van der Waals surface area contributed by atoms with E-state index in [4.69, 9.17) is 22.4 Å². The molecule has 0 aliphatic rings. The number of sulfone groups is 1. The van der Waals surface area contributed by atoms with Crippen LogP contribution in [0.5, 0.6) is 0 Å². The summed E-state index contributed by atoms with van der Waals surface area (Å²) in [6.45, 7) is -0.238. The summed E-state index contributed by atoms with van der Waals surface area (Å²) >= 11 is 5.85. The van der Waals surface area contributed by atoms with Gasteiger partial charge in [-0.2, -0.15) is 0 Å². The number of hydrogen-bond donors (Lipinski definition) is 2. The van der Waals surface area contributed by atoms with Crippen molar-refractivity contribution in [2.24, 2.45) is 5.73 Å². The zero-order valence-electron chi connectivity index (χ0n) is 8.14. The van der Waals surface area contributed by atoms with Crippen molar-refractivity contribution in [3.8, 4) is 0 Å². The van der Waals surface area contributed by atoms with Gasteiger partial charge in [0, 0.05) is 11.3 Å². The minimum absolute atomic E-state index is 0.140. The molecule has 1 atom stereocenters. The highest BCUT2D eigenvalue weighted by atomic mass is 35.5. The SMILES string of the molecule is CS(=O)(=O)c1ccc([C@@H](N)CO)c(Cl)c1. The molecule has 0 bridgehead atoms. The average molecular weight is 250 g/mol. The molecule has 15 heavy (non-hydrogen) atoms. The van der Waals surface area contributed by atoms with Crippen LogP contribution in [-0.2, 0) is 9.84 Å². The first-order valence-electron chi connectivity index (χ1n) is 4.22. The fourth-order valence-electron chi connectivity index (χ4n) is 1.14. The van der Waals surface area contributed by atoms with Crippen molar-refractivity contribution in [3.05, 3.63) is 28.8 Å². The van der Waals surface area contributed by atoms with Gasteiger partial charge >= 0.3 is 0 Å². The monoisotopic (exact) mass is 249 g/mol. The van der Waals surface area contributed by atoms with Crippen molar-refractivity contribution in [1.82, 2.24) is 0 Å². The van der Waals surface area contributed by atoms with Crippen molar-refractivity contribution >= 4 is 21.4 Å². The summed E-state index contributed by atoms with van der Waals surface area (Å²) < 4.78 is 22.4. The Morgan fingerprint density at radius 3 is 2.53 bits per heavy atom. The van der Waals surface area contributed by atoms with E-state index < -0.39 is 15.9 Å². The molecule has 84 valence electrons. The van der Waals surface area contributed by atoms with Crippen LogP contribution in [0.15, 0.2) is 23.1 Å². The minimum atomic E-state index is -3.26. The summed E-state index contributed by atoms with van der Waals surface area (Å²) in [5.74, 6) is 0. The number of nitrogens with two attached hydrogens (primary N) is 1. The van der Waals surface area contributed by atoms with E-state index in [0.29, 0.717) is 5.56 Å². The van der Waals surface area contributed by atoms with Crippen LogP contribution in [0.3, 0.4) is 0 Å². The number of aliphatic hydroxyl groups is 1. The molecule has 0 saturated carbocycles. The molecular formula is C9H12ClNO3S. The fourth-order valence-corrected chi connectivity index (χ4v) is 2.17. The van der Waals surface area contributed by atoms with Gasteiger partial charge in [-0.15, -0.1) is 0 Å². The zero-order valence-corrected chi connectivity index (χ0v) is 9.72. The topological polar surface area (TPSA) is 80.4 Å². The second-order valence-electron chi connectivity index (χ2n) is 3.24. The van der Waals surface area contributed by atoms with E-state index in [9.17, 15) is 8.42 Å². The molecule has 0 radical (unpaired) electrons. The van der Waals surface area contributed by atoms with Crippen LogP contribution in [-0.4, -0.2) is 26.4 Å². The highest BCUT2D eigenvalue weighted by Gasteiger charge is 2.13. The molecule has 4 nitrogen and oxygen atoms in total. The highest BCUT2D eigenvalue weighted by molar-refractivity contribution is 7.90. The Balaban J connectivity index is 3.20. The minimum Gasteiger partial charge on any atom is -0.394 e. The van der Waals surface area contributed by atoms with Crippen LogP contribution in [0, 0.1) is 0 Å². The largest absolute Gasteiger partial charge is 0.394 e. The van der Waals surface area contributed by atoms with Crippen LogP contribution in [0.4, 0.5) is 0 Å². The second kappa shape index (κ2) is 4.49. The van der Waals surface area contributed by atoms with Gasteiger partial charge in [-0.05, 0) is 17.7 Å². The third kappa shape index (κ3) is 2.92. The van der Waals surface area contributed by atoms with Gasteiger partial charge in [0.25, 0.3) is 0 Å². The molecule has 1 aromatic carbocycles. The Morgan fingerprint density at radius 2 is 2.13 bits per heavy atom. The lowest BCUT2D eigenvalue weighted by molar-refractivity contribution is 0.268. The standard InChI is InChI=1S/C9H12ClNO3S/c1-15(13,14)6-2-3-7(8(10)4-6)9(11)5-12/h2-4,9,12H,5,11H2,1H3/t9-/m0/s1. The average Bonchev–Trinajstić information content (AvgIpc) is 2.15. The molecule has 0 aromatic heterocycles. The summed E-state index contributed by atoms with van der Waals surface area (Å²) in [6.07, 6.45) is 1.10. The Morgan fingerprint density at radius 1 is 1.53 bits per heavy atom. The second-order valence-corrected chi connectivity index (χ2v) is 5.67. The van der Waals surface area contributed by atoms with Crippen molar-refractivity contribution < 1.29 is 13.5 Å². The summed E-state index contributed by atoms with van der Waals surface area (Å²) in [5, 5.41) is 9.09. The van der Waals surface area contributed by atoms with Gasteiger partial charge in [0.15, 0.2) is 9.84 Å².